The normalized spacial score (nSPS) is 30.8. The molecule has 1 fully saturated rings. The van der Waals surface area contributed by atoms with Gasteiger partial charge in [-0.15, -0.1) is 0 Å². The fourth-order valence-electron chi connectivity index (χ4n) is 6.50. The Morgan fingerprint density at radius 1 is 1.04 bits per heavy atom. The predicted molar refractivity (Wildman–Crippen MR) is 111 cm³/mol. The Balaban J connectivity index is 1.76. The van der Waals surface area contributed by atoms with Gasteiger partial charge in [-0.3, -0.25) is 0 Å². The molecule has 3 heterocycles. The Labute approximate surface area is 159 Å². The van der Waals surface area contributed by atoms with Crippen LogP contribution in [0.5, 0.6) is 0 Å². The standard InChI is InChI=1S/C24H24N2O/c1-5-23-15(3)24(23,6-2)22-25(4)13-14-26(22)20-18(23)12-11-17-16-9-7-8-10-19(16)27-21(17)20/h7-14,22H,3,5-6H2,1-2,4H3. The van der Waals surface area contributed by atoms with Crippen LogP contribution < -0.4 is 4.90 Å². The topological polar surface area (TPSA) is 19.6 Å². The lowest BCUT2D eigenvalue weighted by atomic mass is 9.76. The maximum absolute atomic E-state index is 6.43. The molecule has 2 aromatic carbocycles. The van der Waals surface area contributed by atoms with Gasteiger partial charge < -0.3 is 14.2 Å². The smallest absolute Gasteiger partial charge is 0.159 e. The molecule has 0 spiro atoms. The summed E-state index contributed by atoms with van der Waals surface area (Å²) >= 11 is 0. The van der Waals surface area contributed by atoms with Gasteiger partial charge in [0.15, 0.2) is 5.58 Å². The number of nitrogens with zero attached hydrogens (tertiary/aromatic N) is 2. The van der Waals surface area contributed by atoms with Crippen molar-refractivity contribution in [3.63, 3.8) is 0 Å². The molecule has 3 atom stereocenters. The monoisotopic (exact) mass is 356 g/mol. The fraction of sp³-hybridized carbons (Fsp3) is 0.333. The highest BCUT2D eigenvalue weighted by Gasteiger charge is 2.77. The first-order chi connectivity index (χ1) is 13.1. The zero-order valence-corrected chi connectivity index (χ0v) is 16.1. The first kappa shape index (κ1) is 15.4. The highest BCUT2D eigenvalue weighted by Crippen LogP contribution is 2.79. The molecule has 27 heavy (non-hydrogen) atoms. The molecule has 3 aromatic rings. The van der Waals surface area contributed by atoms with Crippen LogP contribution >= 0.6 is 0 Å². The van der Waals surface area contributed by atoms with Crippen LogP contribution in [0.2, 0.25) is 0 Å². The van der Waals surface area contributed by atoms with Crippen LogP contribution in [0.1, 0.15) is 32.3 Å². The Bertz CT molecular complexity index is 1170. The van der Waals surface area contributed by atoms with E-state index >= 15 is 0 Å². The van der Waals surface area contributed by atoms with Crippen molar-refractivity contribution in [2.45, 2.75) is 38.3 Å². The van der Waals surface area contributed by atoms with Gasteiger partial charge in [0.05, 0.1) is 5.69 Å². The average molecular weight is 356 g/mol. The number of hydrogen-bond donors (Lipinski definition) is 0. The molecular weight excluding hydrogens is 332 g/mol. The van der Waals surface area contributed by atoms with Gasteiger partial charge >= 0.3 is 0 Å². The molecule has 3 unspecified atom stereocenters. The predicted octanol–water partition coefficient (Wildman–Crippen LogP) is 5.76. The van der Waals surface area contributed by atoms with Gasteiger partial charge in [0.2, 0.25) is 0 Å². The molecule has 0 radical (unpaired) electrons. The largest absolute Gasteiger partial charge is 0.454 e. The maximum atomic E-state index is 6.43. The summed E-state index contributed by atoms with van der Waals surface area (Å²) in [5.41, 5.74) is 6.13. The highest BCUT2D eigenvalue weighted by atomic mass is 16.3. The maximum Gasteiger partial charge on any atom is 0.159 e. The van der Waals surface area contributed by atoms with E-state index in [9.17, 15) is 0 Å². The Morgan fingerprint density at radius 3 is 2.63 bits per heavy atom. The molecule has 136 valence electrons. The van der Waals surface area contributed by atoms with Crippen molar-refractivity contribution in [3.05, 3.63) is 66.5 Å². The molecular formula is C24H24N2O. The van der Waals surface area contributed by atoms with E-state index in [1.54, 1.807) is 0 Å². The summed E-state index contributed by atoms with van der Waals surface area (Å²) in [4.78, 5) is 4.80. The first-order valence-electron chi connectivity index (χ1n) is 9.95. The summed E-state index contributed by atoms with van der Waals surface area (Å²) in [6.45, 7) is 9.23. The van der Waals surface area contributed by atoms with Crippen molar-refractivity contribution in [1.82, 2.24) is 4.90 Å². The molecule has 0 bridgehead atoms. The van der Waals surface area contributed by atoms with E-state index < -0.39 is 0 Å². The zero-order chi connectivity index (χ0) is 18.6. The van der Waals surface area contributed by atoms with Crippen LogP contribution in [0.3, 0.4) is 0 Å². The number of para-hydroxylation sites is 1. The number of anilines is 1. The van der Waals surface area contributed by atoms with E-state index in [0.717, 1.165) is 24.0 Å². The van der Waals surface area contributed by atoms with Gasteiger partial charge in [0.25, 0.3) is 0 Å². The van der Waals surface area contributed by atoms with E-state index in [1.165, 1.54) is 27.6 Å². The van der Waals surface area contributed by atoms with Gasteiger partial charge in [-0.2, -0.15) is 0 Å². The van der Waals surface area contributed by atoms with Crippen LogP contribution in [-0.2, 0) is 5.41 Å². The lowest BCUT2D eigenvalue weighted by molar-refractivity contribution is 0.194. The quantitative estimate of drug-likeness (QED) is 0.544. The number of benzene rings is 2. The summed E-state index contributed by atoms with van der Waals surface area (Å²) < 4.78 is 6.43. The van der Waals surface area contributed by atoms with Crippen molar-refractivity contribution in [3.8, 4) is 0 Å². The molecule has 2 aliphatic heterocycles. The van der Waals surface area contributed by atoms with Crippen LogP contribution in [-0.4, -0.2) is 18.1 Å². The fourth-order valence-corrected chi connectivity index (χ4v) is 6.50. The third-order valence-corrected chi connectivity index (χ3v) is 7.63. The van der Waals surface area contributed by atoms with E-state index in [1.807, 2.05) is 6.07 Å². The molecule has 3 heteroatoms. The van der Waals surface area contributed by atoms with Gasteiger partial charge in [-0.05, 0) is 24.5 Å². The zero-order valence-electron chi connectivity index (χ0n) is 16.1. The molecule has 0 amide bonds. The van der Waals surface area contributed by atoms with Gasteiger partial charge in [0, 0.05) is 41.1 Å². The molecule has 3 aliphatic rings. The average Bonchev–Trinajstić information content (AvgIpc) is 2.99. The van der Waals surface area contributed by atoms with E-state index in [0.29, 0.717) is 0 Å². The van der Waals surface area contributed by atoms with Gasteiger partial charge in [-0.1, -0.05) is 56.3 Å². The molecule has 1 aliphatic carbocycles. The number of rotatable bonds is 2. The van der Waals surface area contributed by atoms with E-state index in [-0.39, 0.29) is 17.0 Å². The molecule has 1 saturated carbocycles. The Hall–Kier alpha value is -2.68. The van der Waals surface area contributed by atoms with Crippen molar-refractivity contribution >= 4 is 27.6 Å². The lowest BCUT2D eigenvalue weighted by Gasteiger charge is -2.44. The van der Waals surface area contributed by atoms with E-state index in [2.05, 4.69) is 80.0 Å². The SMILES string of the molecule is C=C1C2(CC)c3ccc4c(oc5ccccc54)c3N3C=CN(C)C3C12CC. The highest BCUT2D eigenvalue weighted by molar-refractivity contribution is 6.10. The molecule has 0 saturated heterocycles. The third-order valence-electron chi connectivity index (χ3n) is 7.63. The number of furan rings is 1. The number of hydrogen-bond acceptors (Lipinski definition) is 3. The van der Waals surface area contributed by atoms with Crippen LogP contribution in [0.25, 0.3) is 21.9 Å². The second kappa shape index (κ2) is 4.59. The number of fused-ring (bicyclic) bond motifs is 10. The summed E-state index contributed by atoms with van der Waals surface area (Å²) in [5, 5.41) is 2.39. The third kappa shape index (κ3) is 1.39. The van der Waals surface area contributed by atoms with Crippen LogP contribution in [0, 0.1) is 5.41 Å². The first-order valence-corrected chi connectivity index (χ1v) is 9.95. The minimum absolute atomic E-state index is 0.0473. The lowest BCUT2D eigenvalue weighted by Crippen LogP contribution is -2.50. The summed E-state index contributed by atoms with van der Waals surface area (Å²) in [6, 6.07) is 12.9. The summed E-state index contributed by atoms with van der Waals surface area (Å²) in [5.74, 6) is 0. The summed E-state index contributed by atoms with van der Waals surface area (Å²) in [6.07, 6.45) is 6.88. The van der Waals surface area contributed by atoms with Crippen molar-refractivity contribution in [2.75, 3.05) is 11.9 Å². The minimum Gasteiger partial charge on any atom is -0.454 e. The summed E-state index contributed by atoms with van der Waals surface area (Å²) in [7, 11) is 2.19. The molecule has 1 aromatic heterocycles. The molecule has 3 nitrogen and oxygen atoms in total. The second-order valence-corrected chi connectivity index (χ2v) is 8.24. The second-order valence-electron chi connectivity index (χ2n) is 8.24. The Kier molecular flexibility index (Phi) is 2.61. The molecule has 0 N–H and O–H groups in total. The molecule has 6 rings (SSSR count). The van der Waals surface area contributed by atoms with Crippen molar-refractivity contribution < 1.29 is 4.42 Å². The minimum atomic E-state index is 0.0473. The van der Waals surface area contributed by atoms with E-state index in [4.69, 9.17) is 4.42 Å². The van der Waals surface area contributed by atoms with Crippen LogP contribution in [0.15, 0.2) is 65.4 Å². The van der Waals surface area contributed by atoms with Crippen molar-refractivity contribution in [2.24, 2.45) is 5.41 Å². The van der Waals surface area contributed by atoms with Crippen molar-refractivity contribution in [1.29, 1.82) is 0 Å². The van der Waals surface area contributed by atoms with Gasteiger partial charge in [-0.25, -0.2) is 0 Å². The van der Waals surface area contributed by atoms with Gasteiger partial charge in [0.1, 0.15) is 11.7 Å². The Morgan fingerprint density at radius 2 is 1.85 bits per heavy atom. The van der Waals surface area contributed by atoms with Crippen LogP contribution in [0.4, 0.5) is 5.69 Å².